The molecule has 92 valence electrons. The summed E-state index contributed by atoms with van der Waals surface area (Å²) in [6, 6.07) is 5.80. The number of nitrogens with zero attached hydrogens (tertiary/aromatic N) is 1. The molecule has 0 aromatic heterocycles. The third kappa shape index (κ3) is 2.25. The smallest absolute Gasteiger partial charge is 0.230 e. The molecule has 0 spiro atoms. The molecule has 0 fully saturated rings. The zero-order chi connectivity index (χ0) is 12.4. The summed E-state index contributed by atoms with van der Waals surface area (Å²) in [6.45, 7) is 2.39. The number of ether oxygens (including phenoxy) is 1. The van der Waals surface area contributed by atoms with Crippen LogP contribution in [0, 0.1) is 0 Å². The topological polar surface area (TPSA) is 67.6 Å². The summed E-state index contributed by atoms with van der Waals surface area (Å²) in [5.74, 6) is 6.22. The van der Waals surface area contributed by atoms with Crippen LogP contribution in [-0.4, -0.2) is 19.6 Å². The Kier molecular flexibility index (Phi) is 3.31. The Morgan fingerprint density at radius 1 is 1.53 bits per heavy atom. The maximum atomic E-state index is 11.7. The van der Waals surface area contributed by atoms with Gasteiger partial charge in [0.05, 0.1) is 18.7 Å². The highest BCUT2D eigenvalue weighted by atomic mass is 16.5. The zero-order valence-electron chi connectivity index (χ0n) is 10.1. The largest absolute Gasteiger partial charge is 0.491 e. The van der Waals surface area contributed by atoms with Crippen molar-refractivity contribution >= 4 is 11.6 Å². The second-order valence-corrected chi connectivity index (χ2v) is 4.17. The second-order valence-electron chi connectivity index (χ2n) is 4.17. The number of hydrogen-bond donors (Lipinski definition) is 2. The molecule has 5 heteroatoms. The van der Waals surface area contributed by atoms with Gasteiger partial charge in [0.1, 0.15) is 5.75 Å². The monoisotopic (exact) mass is 235 g/mol. The van der Waals surface area contributed by atoms with Crippen LogP contribution in [0.25, 0.3) is 0 Å². The lowest BCUT2D eigenvalue weighted by atomic mass is 10.1. The van der Waals surface area contributed by atoms with Crippen LogP contribution < -0.4 is 20.9 Å². The molecule has 1 amide bonds. The zero-order valence-corrected chi connectivity index (χ0v) is 10.1. The number of fused-ring (bicyclic) bond motifs is 1. The average Bonchev–Trinajstić information content (AvgIpc) is 2.49. The fourth-order valence-electron chi connectivity index (χ4n) is 1.83. The molecule has 17 heavy (non-hydrogen) atoms. The number of carbonyl (C=O) groups is 1. The minimum absolute atomic E-state index is 0.0343. The van der Waals surface area contributed by atoms with Gasteiger partial charge in [-0.05, 0) is 24.6 Å². The first kappa shape index (κ1) is 11.9. The number of carbonyl (C=O) groups excluding carboxylic acids is 1. The summed E-state index contributed by atoms with van der Waals surface area (Å²) in [7, 11) is 1.76. The van der Waals surface area contributed by atoms with Crippen molar-refractivity contribution in [2.24, 2.45) is 5.84 Å². The SMILES string of the molecule is CC(NN)c1ccc2c(c1)N(C)C(=O)CCO2. The number of anilines is 1. The molecule has 0 aliphatic carbocycles. The quantitative estimate of drug-likeness (QED) is 0.591. The molecule has 1 aromatic rings. The van der Waals surface area contributed by atoms with Crippen LogP contribution >= 0.6 is 0 Å². The summed E-state index contributed by atoms with van der Waals surface area (Å²) in [5.41, 5.74) is 4.51. The molecule has 2 rings (SSSR count). The van der Waals surface area contributed by atoms with Gasteiger partial charge in [-0.3, -0.25) is 16.1 Å². The molecule has 5 nitrogen and oxygen atoms in total. The van der Waals surface area contributed by atoms with E-state index in [0.29, 0.717) is 13.0 Å². The number of amides is 1. The maximum absolute atomic E-state index is 11.7. The maximum Gasteiger partial charge on any atom is 0.230 e. The van der Waals surface area contributed by atoms with Crippen LogP contribution in [0.3, 0.4) is 0 Å². The Labute approximate surface area is 101 Å². The van der Waals surface area contributed by atoms with Gasteiger partial charge < -0.3 is 9.64 Å². The van der Waals surface area contributed by atoms with E-state index in [-0.39, 0.29) is 11.9 Å². The van der Waals surface area contributed by atoms with E-state index in [1.165, 1.54) is 0 Å². The van der Waals surface area contributed by atoms with Crippen LogP contribution in [0.5, 0.6) is 5.75 Å². The predicted molar refractivity (Wildman–Crippen MR) is 65.7 cm³/mol. The summed E-state index contributed by atoms with van der Waals surface area (Å²) < 4.78 is 5.54. The van der Waals surface area contributed by atoms with Crippen molar-refractivity contribution < 1.29 is 9.53 Å². The van der Waals surface area contributed by atoms with Crippen LogP contribution in [0.4, 0.5) is 5.69 Å². The fraction of sp³-hybridized carbons (Fsp3) is 0.417. The van der Waals surface area contributed by atoms with Crippen LogP contribution in [0.15, 0.2) is 18.2 Å². The Balaban J connectivity index is 2.41. The number of nitrogens with one attached hydrogen (secondary N) is 1. The Hall–Kier alpha value is -1.59. The van der Waals surface area contributed by atoms with Gasteiger partial charge in [0.15, 0.2) is 0 Å². The fourth-order valence-corrected chi connectivity index (χ4v) is 1.83. The summed E-state index contributed by atoms with van der Waals surface area (Å²) in [4.78, 5) is 13.4. The van der Waals surface area contributed by atoms with E-state index < -0.39 is 0 Å². The van der Waals surface area contributed by atoms with Crippen molar-refractivity contribution in [1.82, 2.24) is 5.43 Å². The molecule has 1 atom stereocenters. The summed E-state index contributed by atoms with van der Waals surface area (Å²) in [6.07, 6.45) is 0.408. The summed E-state index contributed by atoms with van der Waals surface area (Å²) in [5, 5.41) is 0. The average molecular weight is 235 g/mol. The molecule has 1 aliphatic heterocycles. The van der Waals surface area contributed by atoms with Gasteiger partial charge in [0, 0.05) is 13.1 Å². The van der Waals surface area contributed by atoms with Gasteiger partial charge in [-0.2, -0.15) is 0 Å². The lowest BCUT2D eigenvalue weighted by Crippen LogP contribution is -2.27. The van der Waals surface area contributed by atoms with E-state index in [0.717, 1.165) is 17.0 Å². The van der Waals surface area contributed by atoms with Gasteiger partial charge in [-0.25, -0.2) is 0 Å². The highest BCUT2D eigenvalue weighted by Crippen LogP contribution is 2.32. The predicted octanol–water partition coefficient (Wildman–Crippen LogP) is 0.956. The number of benzene rings is 1. The van der Waals surface area contributed by atoms with E-state index in [2.05, 4.69) is 5.43 Å². The Morgan fingerprint density at radius 2 is 2.29 bits per heavy atom. The van der Waals surface area contributed by atoms with Crippen molar-refractivity contribution in [3.05, 3.63) is 23.8 Å². The highest BCUT2D eigenvalue weighted by Gasteiger charge is 2.20. The molecular formula is C12H17N3O2. The third-order valence-corrected chi connectivity index (χ3v) is 3.04. The molecule has 0 saturated heterocycles. The van der Waals surface area contributed by atoms with Crippen molar-refractivity contribution in [1.29, 1.82) is 0 Å². The van der Waals surface area contributed by atoms with E-state index in [9.17, 15) is 4.79 Å². The Bertz CT molecular complexity index is 434. The van der Waals surface area contributed by atoms with E-state index >= 15 is 0 Å². The lowest BCUT2D eigenvalue weighted by Gasteiger charge is -2.19. The third-order valence-electron chi connectivity index (χ3n) is 3.04. The van der Waals surface area contributed by atoms with Crippen molar-refractivity contribution in [2.45, 2.75) is 19.4 Å². The van der Waals surface area contributed by atoms with Gasteiger partial charge in [0.25, 0.3) is 0 Å². The molecule has 1 aliphatic rings. The first-order chi connectivity index (χ1) is 8.13. The van der Waals surface area contributed by atoms with Crippen molar-refractivity contribution in [2.75, 3.05) is 18.6 Å². The van der Waals surface area contributed by atoms with Crippen LogP contribution in [-0.2, 0) is 4.79 Å². The summed E-state index contributed by atoms with van der Waals surface area (Å²) >= 11 is 0. The normalized spacial score (nSPS) is 17.1. The molecule has 0 saturated carbocycles. The lowest BCUT2D eigenvalue weighted by molar-refractivity contribution is -0.118. The number of hydrazine groups is 1. The minimum atomic E-state index is 0.0343. The number of rotatable bonds is 2. The number of hydrogen-bond acceptors (Lipinski definition) is 4. The van der Waals surface area contributed by atoms with Gasteiger partial charge in [0.2, 0.25) is 5.91 Å². The number of nitrogens with two attached hydrogens (primary N) is 1. The molecule has 0 radical (unpaired) electrons. The highest BCUT2D eigenvalue weighted by molar-refractivity contribution is 5.95. The van der Waals surface area contributed by atoms with Gasteiger partial charge >= 0.3 is 0 Å². The van der Waals surface area contributed by atoms with E-state index in [1.807, 2.05) is 25.1 Å². The van der Waals surface area contributed by atoms with Gasteiger partial charge in [-0.1, -0.05) is 6.07 Å². The standard InChI is InChI=1S/C12H17N3O2/c1-8(14-13)9-3-4-11-10(7-9)15(2)12(16)5-6-17-11/h3-4,7-8,14H,5-6,13H2,1-2H3. The molecule has 3 N–H and O–H groups in total. The van der Waals surface area contributed by atoms with E-state index in [1.54, 1.807) is 11.9 Å². The molecular weight excluding hydrogens is 218 g/mol. The van der Waals surface area contributed by atoms with Gasteiger partial charge in [-0.15, -0.1) is 0 Å². The first-order valence-electron chi connectivity index (χ1n) is 5.63. The molecule has 1 heterocycles. The van der Waals surface area contributed by atoms with Crippen molar-refractivity contribution in [3.63, 3.8) is 0 Å². The second kappa shape index (κ2) is 4.73. The van der Waals surface area contributed by atoms with Crippen LogP contribution in [0.1, 0.15) is 24.9 Å². The van der Waals surface area contributed by atoms with Crippen molar-refractivity contribution in [3.8, 4) is 5.75 Å². The van der Waals surface area contributed by atoms with E-state index in [4.69, 9.17) is 10.6 Å². The molecule has 1 unspecified atom stereocenters. The molecule has 1 aromatic carbocycles. The Morgan fingerprint density at radius 3 is 3.00 bits per heavy atom. The first-order valence-corrected chi connectivity index (χ1v) is 5.63. The molecule has 0 bridgehead atoms. The minimum Gasteiger partial charge on any atom is -0.491 e. The van der Waals surface area contributed by atoms with Crippen LogP contribution in [0.2, 0.25) is 0 Å².